The van der Waals surface area contributed by atoms with E-state index in [0.29, 0.717) is 4.88 Å². The van der Waals surface area contributed by atoms with Crippen LogP contribution in [-0.2, 0) is 9.53 Å². The summed E-state index contributed by atoms with van der Waals surface area (Å²) in [5.74, 6) is -1.67. The van der Waals surface area contributed by atoms with Gasteiger partial charge in [0.15, 0.2) is 6.10 Å². The van der Waals surface area contributed by atoms with Crippen molar-refractivity contribution in [3.63, 3.8) is 0 Å². The molecule has 0 spiro atoms. The van der Waals surface area contributed by atoms with Gasteiger partial charge in [0.2, 0.25) is 0 Å². The number of carbonyl (C=O) groups excluding carboxylic acids is 2. The van der Waals surface area contributed by atoms with Gasteiger partial charge in [-0.1, -0.05) is 0 Å². The summed E-state index contributed by atoms with van der Waals surface area (Å²) in [5.41, 5.74) is 0.237. The van der Waals surface area contributed by atoms with Crippen LogP contribution in [0.15, 0.2) is 40.2 Å². The topological polar surface area (TPSA) is 64.6 Å². The highest BCUT2D eigenvalue weighted by Crippen LogP contribution is 2.25. The first-order chi connectivity index (χ1) is 11.6. The molecule has 0 aliphatic heterocycles. The number of anilines is 1. The Morgan fingerprint density at radius 2 is 1.80 bits per heavy atom. The number of ether oxygens (including phenoxy) is 2. The van der Waals surface area contributed by atoms with Crippen molar-refractivity contribution in [2.24, 2.45) is 0 Å². The van der Waals surface area contributed by atoms with E-state index in [9.17, 15) is 22.8 Å². The lowest BCUT2D eigenvalue weighted by Gasteiger charge is -2.13. The van der Waals surface area contributed by atoms with Crippen LogP contribution in [0.4, 0.5) is 18.9 Å². The number of alkyl halides is 3. The largest absolute Gasteiger partial charge is 0.573 e. The summed E-state index contributed by atoms with van der Waals surface area (Å²) >= 11 is 4.38. The van der Waals surface area contributed by atoms with Gasteiger partial charge in [0.25, 0.3) is 5.91 Å². The number of nitrogens with one attached hydrogen (secondary N) is 1. The molecule has 0 saturated carbocycles. The summed E-state index contributed by atoms with van der Waals surface area (Å²) in [7, 11) is 0. The van der Waals surface area contributed by atoms with E-state index in [1.165, 1.54) is 19.1 Å². The molecule has 1 N–H and O–H groups in total. The molecule has 134 valence electrons. The number of carbonyl (C=O) groups is 2. The molecule has 2 aromatic rings. The van der Waals surface area contributed by atoms with E-state index in [1.54, 1.807) is 12.1 Å². The van der Waals surface area contributed by atoms with Gasteiger partial charge in [-0.05, 0) is 59.3 Å². The number of halogens is 4. The van der Waals surface area contributed by atoms with Crippen molar-refractivity contribution in [3.05, 3.63) is 45.1 Å². The van der Waals surface area contributed by atoms with Crippen LogP contribution in [0.2, 0.25) is 0 Å². The van der Waals surface area contributed by atoms with Crippen molar-refractivity contribution in [1.29, 1.82) is 0 Å². The monoisotopic (exact) mass is 437 g/mol. The zero-order valence-corrected chi connectivity index (χ0v) is 15.0. The minimum Gasteiger partial charge on any atom is -0.448 e. The molecule has 5 nitrogen and oxygen atoms in total. The number of thiophene rings is 1. The maximum atomic E-state index is 12.1. The molecular weight excluding hydrogens is 427 g/mol. The van der Waals surface area contributed by atoms with Crippen LogP contribution in [0.1, 0.15) is 16.6 Å². The summed E-state index contributed by atoms with van der Waals surface area (Å²) in [6.45, 7) is 1.39. The molecule has 0 bridgehead atoms. The van der Waals surface area contributed by atoms with Gasteiger partial charge >= 0.3 is 12.3 Å². The molecule has 1 amide bonds. The number of rotatable bonds is 5. The Bertz CT molecular complexity index is 761. The molecule has 1 atom stereocenters. The van der Waals surface area contributed by atoms with Crippen LogP contribution in [-0.4, -0.2) is 24.3 Å². The second-order valence-corrected chi connectivity index (χ2v) is 7.18. The highest BCUT2D eigenvalue weighted by molar-refractivity contribution is 9.11. The second-order valence-electron chi connectivity index (χ2n) is 4.71. The van der Waals surface area contributed by atoms with Crippen LogP contribution < -0.4 is 10.1 Å². The fraction of sp³-hybridized carbons (Fsp3) is 0.200. The molecule has 0 saturated heterocycles. The molecule has 1 aromatic carbocycles. The number of benzene rings is 1. The first-order valence-corrected chi connectivity index (χ1v) is 8.38. The van der Waals surface area contributed by atoms with Crippen LogP contribution in [0.25, 0.3) is 0 Å². The minimum atomic E-state index is -4.79. The zero-order valence-electron chi connectivity index (χ0n) is 12.6. The van der Waals surface area contributed by atoms with Gasteiger partial charge in [0.05, 0.1) is 3.79 Å². The number of esters is 1. The van der Waals surface area contributed by atoms with Gasteiger partial charge in [-0.25, -0.2) is 4.79 Å². The zero-order chi connectivity index (χ0) is 18.6. The lowest BCUT2D eigenvalue weighted by Crippen LogP contribution is -2.29. The average molecular weight is 438 g/mol. The summed E-state index contributed by atoms with van der Waals surface area (Å²) in [5, 5.41) is 2.43. The van der Waals surface area contributed by atoms with Crippen molar-refractivity contribution in [2.75, 3.05) is 5.32 Å². The molecule has 10 heteroatoms. The van der Waals surface area contributed by atoms with Gasteiger partial charge in [-0.3, -0.25) is 4.79 Å². The molecule has 25 heavy (non-hydrogen) atoms. The van der Waals surface area contributed by atoms with Crippen LogP contribution in [0, 0.1) is 0 Å². The summed E-state index contributed by atoms with van der Waals surface area (Å²) in [6, 6.07) is 7.83. The Labute approximate surface area is 152 Å². The van der Waals surface area contributed by atoms with Crippen molar-refractivity contribution in [3.8, 4) is 5.75 Å². The van der Waals surface area contributed by atoms with E-state index in [0.717, 1.165) is 27.3 Å². The fourth-order valence-corrected chi connectivity index (χ4v) is 2.95. The average Bonchev–Trinajstić information content (AvgIpc) is 2.94. The molecule has 1 heterocycles. The Morgan fingerprint density at radius 1 is 1.16 bits per heavy atom. The lowest BCUT2D eigenvalue weighted by molar-refractivity contribution is -0.274. The number of hydrogen-bond acceptors (Lipinski definition) is 5. The Balaban J connectivity index is 1.91. The van der Waals surface area contributed by atoms with E-state index >= 15 is 0 Å². The van der Waals surface area contributed by atoms with Gasteiger partial charge in [-0.2, -0.15) is 0 Å². The van der Waals surface area contributed by atoms with Crippen LogP contribution >= 0.6 is 27.3 Å². The van der Waals surface area contributed by atoms with Crippen molar-refractivity contribution >= 4 is 44.8 Å². The van der Waals surface area contributed by atoms with Crippen molar-refractivity contribution in [2.45, 2.75) is 19.4 Å². The maximum Gasteiger partial charge on any atom is 0.573 e. The molecule has 0 fully saturated rings. The molecule has 0 aliphatic rings. The molecule has 0 aliphatic carbocycles. The maximum absolute atomic E-state index is 12.1. The second kappa shape index (κ2) is 7.87. The van der Waals surface area contributed by atoms with E-state index in [-0.39, 0.29) is 5.69 Å². The van der Waals surface area contributed by atoms with Crippen LogP contribution in [0.5, 0.6) is 5.75 Å². The summed E-state index contributed by atoms with van der Waals surface area (Å²) in [6.07, 6.45) is -5.87. The molecule has 2 rings (SSSR count). The van der Waals surface area contributed by atoms with Crippen LogP contribution in [0.3, 0.4) is 0 Å². The predicted molar refractivity (Wildman–Crippen MR) is 88.7 cm³/mol. The summed E-state index contributed by atoms with van der Waals surface area (Å²) in [4.78, 5) is 24.2. The molecule has 0 radical (unpaired) electrons. The standard InChI is InChI=1S/C15H11BrF3NO4S/c1-8(23-14(22)11-6-7-12(16)25-11)13(21)20-9-2-4-10(5-3-9)24-15(17,18)19/h2-8H,1H3,(H,20,21). The first-order valence-electron chi connectivity index (χ1n) is 6.77. The number of amides is 1. The lowest BCUT2D eigenvalue weighted by atomic mass is 10.3. The molecular formula is C15H11BrF3NO4S. The highest BCUT2D eigenvalue weighted by atomic mass is 79.9. The van der Waals surface area contributed by atoms with E-state index < -0.39 is 30.1 Å². The third kappa shape index (κ3) is 6.05. The third-order valence-corrected chi connectivity index (χ3v) is 4.39. The minimum absolute atomic E-state index is 0.237. The van der Waals surface area contributed by atoms with Crippen molar-refractivity contribution < 1.29 is 32.2 Å². The van der Waals surface area contributed by atoms with E-state index in [2.05, 4.69) is 26.0 Å². The predicted octanol–water partition coefficient (Wildman–Crippen LogP) is 4.59. The van der Waals surface area contributed by atoms with Gasteiger partial charge in [0, 0.05) is 5.69 Å². The van der Waals surface area contributed by atoms with Gasteiger partial charge in [-0.15, -0.1) is 24.5 Å². The fourth-order valence-electron chi connectivity index (χ4n) is 1.68. The first kappa shape index (κ1) is 19.3. The Kier molecular flexibility index (Phi) is 6.07. The quantitative estimate of drug-likeness (QED) is 0.694. The van der Waals surface area contributed by atoms with Crippen molar-refractivity contribution in [1.82, 2.24) is 0 Å². The van der Waals surface area contributed by atoms with Gasteiger partial charge in [0.1, 0.15) is 10.6 Å². The number of hydrogen-bond donors (Lipinski definition) is 1. The smallest absolute Gasteiger partial charge is 0.448 e. The Morgan fingerprint density at radius 3 is 2.32 bits per heavy atom. The Hall–Kier alpha value is -2.07. The SMILES string of the molecule is CC(OC(=O)c1ccc(Br)s1)C(=O)Nc1ccc(OC(F)(F)F)cc1. The third-order valence-electron chi connectivity index (χ3n) is 2.78. The highest BCUT2D eigenvalue weighted by Gasteiger charge is 2.31. The van der Waals surface area contributed by atoms with E-state index in [1.807, 2.05) is 0 Å². The van der Waals surface area contributed by atoms with Gasteiger partial charge < -0.3 is 14.8 Å². The molecule has 1 unspecified atom stereocenters. The summed E-state index contributed by atoms with van der Waals surface area (Å²) < 4.78 is 45.7. The normalized spacial score (nSPS) is 12.4. The van der Waals surface area contributed by atoms with E-state index in [4.69, 9.17) is 4.74 Å². The molecule has 1 aromatic heterocycles.